The quantitative estimate of drug-likeness (QED) is 0.832. The maximum atomic E-state index is 6.04. The largest absolute Gasteiger partial charge is 0.486 e. The van der Waals surface area contributed by atoms with E-state index >= 15 is 0 Å². The SMILES string of the molecule is CCc1cc(COc2c(Br)cccc2CCN)n(CC)n1. The number of para-hydroxylation sites is 1. The van der Waals surface area contributed by atoms with Gasteiger partial charge in [0.25, 0.3) is 0 Å². The minimum absolute atomic E-state index is 0.515. The number of hydrogen-bond acceptors (Lipinski definition) is 3. The summed E-state index contributed by atoms with van der Waals surface area (Å²) in [6.07, 6.45) is 1.75. The Morgan fingerprint density at radius 3 is 2.81 bits per heavy atom. The molecular weight excluding hydrogens is 330 g/mol. The van der Waals surface area contributed by atoms with Crippen LogP contribution in [0.3, 0.4) is 0 Å². The molecule has 0 atom stereocenters. The molecule has 0 bridgehead atoms. The summed E-state index contributed by atoms with van der Waals surface area (Å²) >= 11 is 3.56. The van der Waals surface area contributed by atoms with Crippen molar-refractivity contribution in [3.8, 4) is 5.75 Å². The Morgan fingerprint density at radius 1 is 1.33 bits per heavy atom. The number of ether oxygens (including phenoxy) is 1. The molecule has 0 aliphatic carbocycles. The lowest BCUT2D eigenvalue weighted by Gasteiger charge is -2.13. The molecule has 0 aliphatic heterocycles. The van der Waals surface area contributed by atoms with Crippen LogP contribution in [-0.4, -0.2) is 16.3 Å². The Labute approximate surface area is 134 Å². The number of benzene rings is 1. The van der Waals surface area contributed by atoms with Crippen LogP contribution in [0.2, 0.25) is 0 Å². The number of aryl methyl sites for hydroxylation is 2. The summed E-state index contributed by atoms with van der Waals surface area (Å²) in [6.45, 7) is 6.18. The van der Waals surface area contributed by atoms with Crippen molar-refractivity contribution in [3.05, 3.63) is 45.7 Å². The molecule has 114 valence electrons. The third-order valence-corrected chi connectivity index (χ3v) is 4.03. The molecule has 0 saturated heterocycles. The van der Waals surface area contributed by atoms with E-state index in [4.69, 9.17) is 10.5 Å². The van der Waals surface area contributed by atoms with Gasteiger partial charge >= 0.3 is 0 Å². The van der Waals surface area contributed by atoms with E-state index in [0.717, 1.165) is 46.6 Å². The molecule has 0 unspecified atom stereocenters. The molecule has 0 fully saturated rings. The van der Waals surface area contributed by atoms with Gasteiger partial charge in [-0.1, -0.05) is 19.1 Å². The minimum Gasteiger partial charge on any atom is -0.486 e. The Bertz CT molecular complexity index is 595. The van der Waals surface area contributed by atoms with Gasteiger partial charge in [-0.3, -0.25) is 4.68 Å². The van der Waals surface area contributed by atoms with Gasteiger partial charge in [0.2, 0.25) is 0 Å². The summed E-state index contributed by atoms with van der Waals surface area (Å²) < 4.78 is 9.01. The lowest BCUT2D eigenvalue weighted by atomic mass is 10.1. The molecule has 0 spiro atoms. The Kier molecular flexibility index (Phi) is 5.82. The molecule has 1 aromatic heterocycles. The number of hydrogen-bond donors (Lipinski definition) is 1. The number of halogens is 1. The first-order chi connectivity index (χ1) is 10.2. The Morgan fingerprint density at radius 2 is 2.14 bits per heavy atom. The van der Waals surface area contributed by atoms with Crippen LogP contribution in [0.5, 0.6) is 5.75 Å². The minimum atomic E-state index is 0.515. The van der Waals surface area contributed by atoms with Crippen LogP contribution < -0.4 is 10.5 Å². The van der Waals surface area contributed by atoms with Gasteiger partial charge in [0, 0.05) is 6.54 Å². The van der Waals surface area contributed by atoms with Gasteiger partial charge < -0.3 is 10.5 Å². The number of aromatic nitrogens is 2. The van der Waals surface area contributed by atoms with Crippen LogP contribution in [-0.2, 0) is 26.0 Å². The predicted molar refractivity (Wildman–Crippen MR) is 88.5 cm³/mol. The topological polar surface area (TPSA) is 53.1 Å². The van der Waals surface area contributed by atoms with Gasteiger partial charge in [0.1, 0.15) is 12.4 Å². The summed E-state index contributed by atoms with van der Waals surface area (Å²) in [5, 5.41) is 4.55. The summed E-state index contributed by atoms with van der Waals surface area (Å²) in [5.41, 5.74) is 9.00. The van der Waals surface area contributed by atoms with E-state index in [9.17, 15) is 0 Å². The van der Waals surface area contributed by atoms with Crippen molar-refractivity contribution in [1.29, 1.82) is 0 Å². The molecule has 0 saturated carbocycles. The fourth-order valence-corrected chi connectivity index (χ4v) is 2.81. The van der Waals surface area contributed by atoms with E-state index in [0.29, 0.717) is 13.2 Å². The third kappa shape index (κ3) is 3.86. The van der Waals surface area contributed by atoms with Gasteiger partial charge in [-0.15, -0.1) is 0 Å². The zero-order valence-corrected chi connectivity index (χ0v) is 14.2. The third-order valence-electron chi connectivity index (χ3n) is 3.40. The zero-order chi connectivity index (χ0) is 15.2. The molecule has 2 N–H and O–H groups in total. The van der Waals surface area contributed by atoms with Crippen molar-refractivity contribution in [2.45, 2.75) is 39.8 Å². The predicted octanol–water partition coefficient (Wildman–Crippen LogP) is 3.31. The summed E-state index contributed by atoms with van der Waals surface area (Å²) in [5.74, 6) is 0.879. The molecule has 0 radical (unpaired) electrons. The van der Waals surface area contributed by atoms with Gasteiger partial charge in [0.05, 0.1) is 15.9 Å². The van der Waals surface area contributed by atoms with Crippen molar-refractivity contribution in [2.24, 2.45) is 5.73 Å². The Balaban J connectivity index is 2.18. The maximum absolute atomic E-state index is 6.04. The highest BCUT2D eigenvalue weighted by molar-refractivity contribution is 9.10. The standard InChI is InChI=1S/C16H22BrN3O/c1-3-13-10-14(20(4-2)19-13)11-21-16-12(8-9-18)6-5-7-15(16)17/h5-7,10H,3-4,8-9,11,18H2,1-2H3. The highest BCUT2D eigenvalue weighted by Gasteiger charge is 2.11. The molecule has 2 rings (SSSR count). The fraction of sp³-hybridized carbons (Fsp3) is 0.438. The molecule has 2 aromatic rings. The number of rotatable bonds is 7. The highest BCUT2D eigenvalue weighted by Crippen LogP contribution is 2.30. The van der Waals surface area contributed by atoms with Gasteiger partial charge in [-0.2, -0.15) is 5.10 Å². The molecule has 1 aromatic carbocycles. The second-order valence-corrected chi connectivity index (χ2v) is 5.71. The van der Waals surface area contributed by atoms with Crippen LogP contribution in [0.25, 0.3) is 0 Å². The smallest absolute Gasteiger partial charge is 0.137 e. The van der Waals surface area contributed by atoms with Gasteiger partial charge in [-0.25, -0.2) is 0 Å². The average Bonchev–Trinajstić information content (AvgIpc) is 2.89. The van der Waals surface area contributed by atoms with Crippen molar-refractivity contribution >= 4 is 15.9 Å². The number of nitrogens with two attached hydrogens (primary N) is 1. The fourth-order valence-electron chi connectivity index (χ4n) is 2.29. The summed E-state index contributed by atoms with van der Waals surface area (Å²) in [4.78, 5) is 0. The van der Waals surface area contributed by atoms with E-state index in [2.05, 4.69) is 47.0 Å². The second kappa shape index (κ2) is 7.61. The van der Waals surface area contributed by atoms with Crippen molar-refractivity contribution in [3.63, 3.8) is 0 Å². The van der Waals surface area contributed by atoms with Crippen LogP contribution in [0.15, 0.2) is 28.7 Å². The molecule has 1 heterocycles. The van der Waals surface area contributed by atoms with E-state index in [-0.39, 0.29) is 0 Å². The van der Waals surface area contributed by atoms with Gasteiger partial charge in [-0.05, 0) is 59.9 Å². The monoisotopic (exact) mass is 351 g/mol. The first-order valence-electron chi connectivity index (χ1n) is 7.35. The maximum Gasteiger partial charge on any atom is 0.137 e. The number of nitrogens with zero attached hydrogens (tertiary/aromatic N) is 2. The van der Waals surface area contributed by atoms with Crippen LogP contribution >= 0.6 is 15.9 Å². The molecule has 4 nitrogen and oxygen atoms in total. The normalized spacial score (nSPS) is 10.9. The molecular formula is C16H22BrN3O. The van der Waals surface area contributed by atoms with Crippen LogP contribution in [0.1, 0.15) is 30.8 Å². The molecule has 5 heteroatoms. The van der Waals surface area contributed by atoms with Crippen molar-refractivity contribution in [1.82, 2.24) is 9.78 Å². The summed E-state index contributed by atoms with van der Waals surface area (Å²) in [6, 6.07) is 8.17. The second-order valence-electron chi connectivity index (χ2n) is 4.85. The highest BCUT2D eigenvalue weighted by atomic mass is 79.9. The van der Waals surface area contributed by atoms with Crippen molar-refractivity contribution in [2.75, 3.05) is 6.54 Å². The first kappa shape index (κ1) is 16.0. The lowest BCUT2D eigenvalue weighted by molar-refractivity contribution is 0.287. The van der Waals surface area contributed by atoms with E-state index in [1.807, 2.05) is 16.8 Å². The van der Waals surface area contributed by atoms with Crippen molar-refractivity contribution < 1.29 is 4.74 Å². The van der Waals surface area contributed by atoms with Crippen LogP contribution in [0.4, 0.5) is 0 Å². The molecule has 21 heavy (non-hydrogen) atoms. The first-order valence-corrected chi connectivity index (χ1v) is 8.14. The zero-order valence-electron chi connectivity index (χ0n) is 12.6. The van der Waals surface area contributed by atoms with E-state index < -0.39 is 0 Å². The molecule has 0 amide bonds. The van der Waals surface area contributed by atoms with Crippen LogP contribution in [0, 0.1) is 0 Å². The Hall–Kier alpha value is -1.33. The molecule has 0 aliphatic rings. The van der Waals surface area contributed by atoms with E-state index in [1.165, 1.54) is 0 Å². The van der Waals surface area contributed by atoms with E-state index in [1.54, 1.807) is 0 Å². The van der Waals surface area contributed by atoms with Gasteiger partial charge in [0.15, 0.2) is 0 Å². The lowest BCUT2D eigenvalue weighted by Crippen LogP contribution is -2.09. The average molecular weight is 352 g/mol. The summed E-state index contributed by atoms with van der Waals surface area (Å²) in [7, 11) is 0.